The molecule has 1 aliphatic heterocycles. The van der Waals surface area contributed by atoms with Gasteiger partial charge < -0.3 is 15.5 Å². The number of hydrogen-bond acceptors (Lipinski definition) is 4. The molecule has 0 aromatic carbocycles. The van der Waals surface area contributed by atoms with Gasteiger partial charge in [-0.05, 0) is 18.6 Å². The summed E-state index contributed by atoms with van der Waals surface area (Å²) in [5, 5.41) is 3.04. The summed E-state index contributed by atoms with van der Waals surface area (Å²) in [7, 11) is 0. The van der Waals surface area contributed by atoms with Crippen molar-refractivity contribution in [2.45, 2.75) is 13.2 Å². The van der Waals surface area contributed by atoms with Crippen LogP contribution in [0.5, 0.6) is 0 Å². The van der Waals surface area contributed by atoms with Gasteiger partial charge in [0.05, 0.1) is 12.3 Å². The maximum atomic E-state index is 11.7. The topological polar surface area (TPSA) is 59.3 Å². The fourth-order valence-electron chi connectivity index (χ4n) is 1.32. The first-order chi connectivity index (χ1) is 8.27. The molecule has 0 spiro atoms. The van der Waals surface area contributed by atoms with Crippen LogP contribution < -0.4 is 16.6 Å². The van der Waals surface area contributed by atoms with Gasteiger partial charge in [0.2, 0.25) is 0 Å². The van der Waals surface area contributed by atoms with Gasteiger partial charge in [0.25, 0.3) is 0 Å². The van der Waals surface area contributed by atoms with Gasteiger partial charge in [0, 0.05) is 6.20 Å². The number of ether oxygens (including phenoxy) is 1. The van der Waals surface area contributed by atoms with Crippen molar-refractivity contribution in [1.29, 1.82) is 0 Å². The second-order valence-corrected chi connectivity index (χ2v) is 3.48. The van der Waals surface area contributed by atoms with E-state index in [-0.39, 0.29) is 6.23 Å². The highest BCUT2D eigenvalue weighted by Crippen LogP contribution is 2.10. The van der Waals surface area contributed by atoms with Crippen molar-refractivity contribution in [1.82, 2.24) is 10.7 Å². The van der Waals surface area contributed by atoms with Crippen molar-refractivity contribution in [3.8, 4) is 0 Å². The summed E-state index contributed by atoms with van der Waals surface area (Å²) >= 11 is 0. The van der Waals surface area contributed by atoms with Crippen LogP contribution in [0.2, 0.25) is 0 Å². The van der Waals surface area contributed by atoms with E-state index in [1.54, 1.807) is 18.4 Å². The normalized spacial score (nSPS) is 20.3. The fraction of sp³-hybridized carbons (Fsp3) is 0.333. The highest BCUT2D eigenvalue weighted by molar-refractivity contribution is 5.30. The van der Waals surface area contributed by atoms with Gasteiger partial charge in [-0.1, -0.05) is 24.3 Å². The smallest absolute Gasteiger partial charge is 0.147 e. The maximum absolute atomic E-state index is 11.7. The summed E-state index contributed by atoms with van der Waals surface area (Å²) < 4.78 is 17.2. The minimum absolute atomic E-state index is 0.165. The zero-order valence-electron chi connectivity index (χ0n) is 9.82. The summed E-state index contributed by atoms with van der Waals surface area (Å²) in [5.41, 5.74) is 4.45. The van der Waals surface area contributed by atoms with Gasteiger partial charge in [0.1, 0.15) is 12.9 Å². The summed E-state index contributed by atoms with van der Waals surface area (Å²) in [5.74, 6) is 5.32. The third-order valence-electron chi connectivity index (χ3n) is 2.22. The molecule has 0 radical (unpaired) electrons. The summed E-state index contributed by atoms with van der Waals surface area (Å²) in [6, 6.07) is 0. The molecule has 1 unspecified atom stereocenters. The third kappa shape index (κ3) is 4.84. The van der Waals surface area contributed by atoms with Crippen molar-refractivity contribution in [2.24, 2.45) is 5.84 Å². The second kappa shape index (κ2) is 7.65. The Labute approximate surface area is 101 Å². The Morgan fingerprint density at radius 2 is 2.29 bits per heavy atom. The Bertz CT molecular complexity index is 348. The van der Waals surface area contributed by atoms with Crippen LogP contribution in [0, 0.1) is 0 Å². The number of rotatable bonds is 6. The molecule has 0 aromatic heterocycles. The lowest BCUT2D eigenvalue weighted by atomic mass is 10.1. The van der Waals surface area contributed by atoms with Gasteiger partial charge in [-0.25, -0.2) is 4.39 Å². The molecule has 1 atom stereocenters. The Morgan fingerprint density at radius 1 is 1.53 bits per heavy atom. The zero-order chi connectivity index (χ0) is 12.5. The maximum Gasteiger partial charge on any atom is 0.147 e. The molecule has 0 saturated carbocycles. The molecule has 0 fully saturated rings. The second-order valence-electron chi connectivity index (χ2n) is 3.48. The SMILES string of the molecule is CC1=CC(OC/C=C\C=C/CF)NC=C1NN. The van der Waals surface area contributed by atoms with E-state index >= 15 is 0 Å². The molecule has 0 aliphatic carbocycles. The first-order valence-corrected chi connectivity index (χ1v) is 5.38. The van der Waals surface area contributed by atoms with Crippen LogP contribution >= 0.6 is 0 Å². The van der Waals surface area contributed by atoms with E-state index in [0.717, 1.165) is 11.3 Å². The monoisotopic (exact) mass is 239 g/mol. The van der Waals surface area contributed by atoms with Gasteiger partial charge in [-0.2, -0.15) is 0 Å². The van der Waals surface area contributed by atoms with Crippen LogP contribution in [0.3, 0.4) is 0 Å². The number of alkyl halides is 1. The number of allylic oxidation sites excluding steroid dienone is 4. The van der Waals surface area contributed by atoms with Gasteiger partial charge in [-0.15, -0.1) is 0 Å². The molecule has 1 rings (SSSR count). The zero-order valence-corrected chi connectivity index (χ0v) is 9.82. The van der Waals surface area contributed by atoms with Gasteiger partial charge >= 0.3 is 0 Å². The minimum Gasteiger partial charge on any atom is -0.361 e. The highest BCUT2D eigenvalue weighted by atomic mass is 19.1. The molecule has 0 bridgehead atoms. The highest BCUT2D eigenvalue weighted by Gasteiger charge is 2.10. The van der Waals surface area contributed by atoms with Gasteiger partial charge in [-0.3, -0.25) is 5.84 Å². The first kappa shape index (κ1) is 13.5. The molecular weight excluding hydrogens is 221 g/mol. The van der Waals surface area contributed by atoms with E-state index in [9.17, 15) is 4.39 Å². The lowest BCUT2D eigenvalue weighted by molar-refractivity contribution is 0.0923. The molecule has 1 heterocycles. The number of hydrogen-bond donors (Lipinski definition) is 3. The number of nitrogens with one attached hydrogen (secondary N) is 2. The van der Waals surface area contributed by atoms with E-state index in [0.29, 0.717) is 6.61 Å². The Balaban J connectivity index is 2.29. The Hall–Kier alpha value is -1.59. The van der Waals surface area contributed by atoms with E-state index in [1.165, 1.54) is 6.08 Å². The average Bonchev–Trinajstić information content (AvgIpc) is 2.34. The van der Waals surface area contributed by atoms with Crippen LogP contribution in [0.25, 0.3) is 0 Å². The van der Waals surface area contributed by atoms with Crippen LogP contribution in [0.15, 0.2) is 47.9 Å². The van der Waals surface area contributed by atoms with Crippen LogP contribution in [-0.4, -0.2) is 19.5 Å². The molecule has 4 nitrogen and oxygen atoms in total. The predicted octanol–water partition coefficient (Wildman–Crippen LogP) is 1.27. The van der Waals surface area contributed by atoms with E-state index in [1.807, 2.05) is 19.1 Å². The summed E-state index contributed by atoms with van der Waals surface area (Å²) in [6.45, 7) is 1.96. The molecule has 5 heteroatoms. The Morgan fingerprint density at radius 3 is 2.94 bits per heavy atom. The van der Waals surface area contributed by atoms with E-state index < -0.39 is 6.67 Å². The molecule has 0 amide bonds. The molecule has 17 heavy (non-hydrogen) atoms. The number of halogens is 1. The molecule has 94 valence electrons. The van der Waals surface area contributed by atoms with Crippen molar-refractivity contribution in [3.05, 3.63) is 47.9 Å². The van der Waals surface area contributed by atoms with Crippen LogP contribution in [-0.2, 0) is 4.74 Å². The van der Waals surface area contributed by atoms with Gasteiger partial charge in [0.15, 0.2) is 0 Å². The summed E-state index contributed by atoms with van der Waals surface area (Å²) in [4.78, 5) is 0. The molecule has 0 aromatic rings. The van der Waals surface area contributed by atoms with E-state index in [4.69, 9.17) is 10.6 Å². The van der Waals surface area contributed by atoms with Crippen LogP contribution in [0.4, 0.5) is 4.39 Å². The lowest BCUT2D eigenvalue weighted by Crippen LogP contribution is -2.33. The number of hydrazine groups is 1. The van der Waals surface area contributed by atoms with Crippen molar-refractivity contribution < 1.29 is 9.13 Å². The molecule has 0 saturated heterocycles. The first-order valence-electron chi connectivity index (χ1n) is 5.38. The third-order valence-corrected chi connectivity index (χ3v) is 2.22. The number of nitrogens with two attached hydrogens (primary N) is 1. The Kier molecular flexibility index (Phi) is 6.06. The average molecular weight is 239 g/mol. The van der Waals surface area contributed by atoms with Crippen LogP contribution in [0.1, 0.15) is 6.92 Å². The van der Waals surface area contributed by atoms with Crippen molar-refractivity contribution in [3.63, 3.8) is 0 Å². The van der Waals surface area contributed by atoms with Crippen molar-refractivity contribution in [2.75, 3.05) is 13.3 Å². The van der Waals surface area contributed by atoms with E-state index in [2.05, 4.69) is 10.7 Å². The quantitative estimate of drug-likeness (QED) is 0.371. The standard InChI is InChI=1S/C12H18FN3O/c1-10-8-12(15-9-11(10)16-14)17-7-5-3-2-4-6-13/h2-5,8-9,12,15-16H,6-7,14H2,1H3/b4-2-,5-3-. The lowest BCUT2D eigenvalue weighted by Gasteiger charge is -2.21. The molecule has 4 N–H and O–H groups in total. The largest absolute Gasteiger partial charge is 0.361 e. The van der Waals surface area contributed by atoms with Crippen molar-refractivity contribution >= 4 is 0 Å². The summed E-state index contributed by atoms with van der Waals surface area (Å²) in [6.07, 6.45) is 10.2. The number of dihydropyridines is 1. The molecule has 1 aliphatic rings. The predicted molar refractivity (Wildman–Crippen MR) is 66.3 cm³/mol. The minimum atomic E-state index is -0.447. The molecular formula is C12H18FN3O. The fourth-order valence-corrected chi connectivity index (χ4v) is 1.32.